The highest BCUT2D eigenvalue weighted by atomic mass is 32.2. The molecular formula is C20H20N4O5S. The lowest BCUT2D eigenvalue weighted by atomic mass is 10.1. The second-order valence-corrected chi connectivity index (χ2v) is 9.41. The van der Waals surface area contributed by atoms with Crippen molar-refractivity contribution in [2.24, 2.45) is 0 Å². The van der Waals surface area contributed by atoms with Gasteiger partial charge in [0.25, 0.3) is 5.91 Å². The molecule has 0 saturated carbocycles. The first-order valence-electron chi connectivity index (χ1n) is 9.37. The van der Waals surface area contributed by atoms with E-state index >= 15 is 0 Å². The lowest BCUT2D eigenvalue weighted by molar-refractivity contribution is 0.102. The van der Waals surface area contributed by atoms with Gasteiger partial charge in [0.15, 0.2) is 15.7 Å². The van der Waals surface area contributed by atoms with Gasteiger partial charge in [0.2, 0.25) is 0 Å². The first kappa shape index (κ1) is 20.0. The molecule has 1 aromatic heterocycles. The number of sulfone groups is 1. The normalized spacial score (nSPS) is 16.3. The summed E-state index contributed by atoms with van der Waals surface area (Å²) < 4.78 is 27.6. The first-order valence-corrected chi connectivity index (χ1v) is 11.2. The molecule has 1 amide bonds. The van der Waals surface area contributed by atoms with E-state index in [0.29, 0.717) is 42.3 Å². The minimum atomic E-state index is -2.92. The van der Waals surface area contributed by atoms with Crippen LogP contribution in [0.3, 0.4) is 0 Å². The molecule has 2 aromatic carbocycles. The summed E-state index contributed by atoms with van der Waals surface area (Å²) in [5, 5.41) is 6.46. The minimum Gasteiger partial charge on any atom is -0.322 e. The summed E-state index contributed by atoms with van der Waals surface area (Å²) in [6.45, 7) is 1.60. The second-order valence-electron chi connectivity index (χ2n) is 7.10. The molecule has 0 aliphatic carbocycles. The van der Waals surface area contributed by atoms with Crippen molar-refractivity contribution in [2.75, 3.05) is 29.9 Å². The molecule has 1 aliphatic rings. The van der Waals surface area contributed by atoms with Gasteiger partial charge in [-0.15, -0.1) is 0 Å². The van der Waals surface area contributed by atoms with Crippen molar-refractivity contribution >= 4 is 21.4 Å². The highest BCUT2D eigenvalue weighted by Gasteiger charge is 2.21. The van der Waals surface area contributed by atoms with Gasteiger partial charge in [-0.2, -0.15) is 0 Å². The number of carbonyl (C=O) groups excluding carboxylic acids is 1. The van der Waals surface area contributed by atoms with Gasteiger partial charge in [-0.05, 0) is 42.0 Å². The van der Waals surface area contributed by atoms with E-state index in [0.717, 1.165) is 5.56 Å². The standard InChI is InChI=1S/C20H20N4O5S/c25-19(21-17-6-4-15(5-7-17)18-22-20(26)29-23-18)16-3-1-2-14(12-16)13-24-8-10-30(27,28)11-9-24/h1-7,12H,8-11,13H2,(H,21,25)(H,22,23,26). The van der Waals surface area contributed by atoms with Crippen LogP contribution in [0.25, 0.3) is 11.4 Å². The maximum absolute atomic E-state index is 12.6. The molecule has 1 fully saturated rings. The maximum atomic E-state index is 12.6. The average Bonchev–Trinajstić information content (AvgIpc) is 3.17. The number of aromatic amines is 1. The predicted molar refractivity (Wildman–Crippen MR) is 111 cm³/mol. The lowest BCUT2D eigenvalue weighted by Crippen LogP contribution is -2.39. The van der Waals surface area contributed by atoms with Gasteiger partial charge < -0.3 is 5.32 Å². The zero-order valence-corrected chi connectivity index (χ0v) is 16.8. The van der Waals surface area contributed by atoms with Crippen molar-refractivity contribution < 1.29 is 17.7 Å². The molecule has 10 heteroatoms. The Morgan fingerprint density at radius 3 is 2.53 bits per heavy atom. The third-order valence-corrected chi connectivity index (χ3v) is 6.50. The highest BCUT2D eigenvalue weighted by molar-refractivity contribution is 7.91. The summed E-state index contributed by atoms with van der Waals surface area (Å²) in [7, 11) is -2.92. The average molecular weight is 428 g/mol. The molecule has 3 aromatic rings. The number of anilines is 1. The molecule has 2 N–H and O–H groups in total. The summed E-state index contributed by atoms with van der Waals surface area (Å²) in [5.74, 6) is -0.221. The Bertz CT molecular complexity index is 1200. The second kappa shape index (κ2) is 8.25. The number of carbonyl (C=O) groups is 1. The molecule has 9 nitrogen and oxygen atoms in total. The molecule has 1 aliphatic heterocycles. The fourth-order valence-corrected chi connectivity index (χ4v) is 4.52. The third kappa shape index (κ3) is 4.84. The number of hydrogen-bond acceptors (Lipinski definition) is 7. The van der Waals surface area contributed by atoms with Gasteiger partial charge in [-0.25, -0.2) is 13.2 Å². The van der Waals surface area contributed by atoms with Crippen molar-refractivity contribution in [1.29, 1.82) is 0 Å². The van der Waals surface area contributed by atoms with Crippen LogP contribution in [0.2, 0.25) is 0 Å². The number of rotatable bonds is 5. The Labute approximate surface area is 172 Å². The van der Waals surface area contributed by atoms with Crippen LogP contribution in [-0.2, 0) is 16.4 Å². The quantitative estimate of drug-likeness (QED) is 0.631. The molecule has 2 heterocycles. The molecule has 0 unspecified atom stereocenters. The Kier molecular flexibility index (Phi) is 5.51. The molecule has 30 heavy (non-hydrogen) atoms. The molecule has 4 rings (SSSR count). The van der Waals surface area contributed by atoms with Gasteiger partial charge >= 0.3 is 5.76 Å². The molecular weight excluding hydrogens is 408 g/mol. The van der Waals surface area contributed by atoms with Crippen molar-refractivity contribution in [1.82, 2.24) is 15.0 Å². The van der Waals surface area contributed by atoms with E-state index < -0.39 is 15.6 Å². The third-order valence-electron chi connectivity index (χ3n) is 4.89. The first-order chi connectivity index (χ1) is 14.4. The van der Waals surface area contributed by atoms with E-state index in [4.69, 9.17) is 0 Å². The SMILES string of the molecule is O=C(Nc1ccc(-c2noc(=O)[nH]2)cc1)c1cccc(CN2CCS(=O)(=O)CC2)c1. The van der Waals surface area contributed by atoms with E-state index in [-0.39, 0.29) is 17.4 Å². The Hall–Kier alpha value is -3.24. The molecule has 156 valence electrons. The fourth-order valence-electron chi connectivity index (χ4n) is 3.25. The van der Waals surface area contributed by atoms with E-state index in [1.807, 2.05) is 18.2 Å². The van der Waals surface area contributed by atoms with E-state index in [1.54, 1.807) is 30.3 Å². The van der Waals surface area contributed by atoms with Crippen molar-refractivity contribution in [3.8, 4) is 11.4 Å². The minimum absolute atomic E-state index is 0.172. The summed E-state index contributed by atoms with van der Waals surface area (Å²) in [6, 6.07) is 14.1. The van der Waals surface area contributed by atoms with Gasteiger partial charge in [0.05, 0.1) is 11.5 Å². The monoisotopic (exact) mass is 428 g/mol. The zero-order chi connectivity index (χ0) is 21.1. The molecule has 1 saturated heterocycles. The topological polar surface area (TPSA) is 125 Å². The van der Waals surface area contributed by atoms with Crippen LogP contribution in [0.5, 0.6) is 0 Å². The molecule has 0 bridgehead atoms. The number of aromatic nitrogens is 2. The number of benzene rings is 2. The fraction of sp³-hybridized carbons (Fsp3) is 0.250. The van der Waals surface area contributed by atoms with E-state index in [1.165, 1.54) is 0 Å². The van der Waals surface area contributed by atoms with Crippen LogP contribution in [0.4, 0.5) is 5.69 Å². The van der Waals surface area contributed by atoms with Crippen LogP contribution in [0.15, 0.2) is 57.8 Å². The molecule has 0 radical (unpaired) electrons. The van der Waals surface area contributed by atoms with Gasteiger partial charge in [-0.1, -0.05) is 17.3 Å². The summed E-state index contributed by atoms with van der Waals surface area (Å²) in [6.07, 6.45) is 0. The van der Waals surface area contributed by atoms with Gasteiger partial charge in [-0.3, -0.25) is 19.2 Å². The zero-order valence-electron chi connectivity index (χ0n) is 16.0. The summed E-state index contributed by atoms with van der Waals surface area (Å²) in [5.41, 5.74) is 2.72. The Morgan fingerprint density at radius 1 is 1.13 bits per heavy atom. The largest absolute Gasteiger partial charge is 0.439 e. The number of nitrogens with one attached hydrogen (secondary N) is 2. The predicted octanol–water partition coefficient (Wildman–Crippen LogP) is 1.51. The summed E-state index contributed by atoms with van der Waals surface area (Å²) in [4.78, 5) is 28.2. The molecule has 0 atom stereocenters. The van der Waals surface area contributed by atoms with Crippen molar-refractivity contribution in [2.45, 2.75) is 6.54 Å². The highest BCUT2D eigenvalue weighted by Crippen LogP contribution is 2.18. The number of H-pyrrole nitrogens is 1. The van der Waals surface area contributed by atoms with Gasteiger partial charge in [0, 0.05) is 36.4 Å². The van der Waals surface area contributed by atoms with Crippen molar-refractivity contribution in [3.05, 3.63) is 70.2 Å². The van der Waals surface area contributed by atoms with Crippen LogP contribution in [0.1, 0.15) is 15.9 Å². The van der Waals surface area contributed by atoms with Crippen LogP contribution >= 0.6 is 0 Å². The number of nitrogens with zero attached hydrogens (tertiary/aromatic N) is 2. The number of amides is 1. The Balaban J connectivity index is 1.40. The maximum Gasteiger partial charge on any atom is 0.439 e. The van der Waals surface area contributed by atoms with Crippen LogP contribution in [-0.4, -0.2) is 54.0 Å². The van der Waals surface area contributed by atoms with E-state index in [9.17, 15) is 18.0 Å². The Morgan fingerprint density at radius 2 is 1.87 bits per heavy atom. The van der Waals surface area contributed by atoms with Crippen LogP contribution in [0, 0.1) is 0 Å². The van der Waals surface area contributed by atoms with E-state index in [2.05, 4.69) is 24.9 Å². The van der Waals surface area contributed by atoms with Gasteiger partial charge in [0.1, 0.15) is 0 Å². The molecule has 0 spiro atoms. The smallest absolute Gasteiger partial charge is 0.322 e. The summed E-state index contributed by atoms with van der Waals surface area (Å²) >= 11 is 0. The number of hydrogen-bond donors (Lipinski definition) is 2. The van der Waals surface area contributed by atoms with Crippen molar-refractivity contribution in [3.63, 3.8) is 0 Å². The van der Waals surface area contributed by atoms with Crippen LogP contribution < -0.4 is 11.1 Å². The lowest BCUT2D eigenvalue weighted by Gasteiger charge is -2.26.